The van der Waals surface area contributed by atoms with Crippen LogP contribution in [0.25, 0.3) is 0 Å². The number of carbonyl (C=O) groups is 1. The number of methoxy groups -OCH3 is 2. The number of aliphatic imine (C=N–C) groups is 1. The van der Waals surface area contributed by atoms with Gasteiger partial charge in [-0.1, -0.05) is 52.0 Å². The van der Waals surface area contributed by atoms with Crippen molar-refractivity contribution in [1.29, 1.82) is 0 Å². The largest absolute Gasteiger partial charge is 0.497 e. The Labute approximate surface area is 212 Å². The molecule has 1 aliphatic rings. The summed E-state index contributed by atoms with van der Waals surface area (Å²) in [5.41, 5.74) is 5.04. The Morgan fingerprint density at radius 2 is 1.91 bits per heavy atom. The van der Waals surface area contributed by atoms with Crippen molar-refractivity contribution in [2.24, 2.45) is 10.9 Å². The Bertz CT molecular complexity index is 964. The SMILES string of the molecule is CC.C\C=C/C(=C\C(=C\CC)C1CC1)C(N=C(CNC(=O)c1cccc(OC)c1)OC)=C(C)CC. The number of rotatable bonds is 11. The first-order chi connectivity index (χ1) is 17.0. The molecule has 5 nitrogen and oxygen atoms in total. The molecule has 1 amide bonds. The first-order valence-electron chi connectivity index (χ1n) is 12.8. The first-order valence-corrected chi connectivity index (χ1v) is 12.8. The third-order valence-corrected chi connectivity index (χ3v) is 5.57. The van der Waals surface area contributed by atoms with E-state index < -0.39 is 0 Å². The van der Waals surface area contributed by atoms with Crippen LogP contribution in [0.4, 0.5) is 0 Å². The van der Waals surface area contributed by atoms with Crippen molar-refractivity contribution in [3.05, 3.63) is 76.5 Å². The molecule has 1 fully saturated rings. The van der Waals surface area contributed by atoms with Crippen LogP contribution in [-0.4, -0.2) is 32.6 Å². The van der Waals surface area contributed by atoms with Crippen LogP contribution in [0, 0.1) is 5.92 Å². The highest BCUT2D eigenvalue weighted by Crippen LogP contribution is 2.38. The molecule has 2 rings (SSSR count). The predicted octanol–water partition coefficient (Wildman–Crippen LogP) is 7.43. The van der Waals surface area contributed by atoms with Crippen molar-refractivity contribution < 1.29 is 14.3 Å². The molecule has 0 radical (unpaired) electrons. The van der Waals surface area contributed by atoms with Crippen LogP contribution >= 0.6 is 0 Å². The van der Waals surface area contributed by atoms with Crippen LogP contribution in [0.1, 0.15) is 77.6 Å². The van der Waals surface area contributed by atoms with Gasteiger partial charge in [0.05, 0.1) is 26.5 Å². The summed E-state index contributed by atoms with van der Waals surface area (Å²) in [7, 11) is 3.16. The fourth-order valence-electron chi connectivity index (χ4n) is 3.43. The van der Waals surface area contributed by atoms with Crippen LogP contribution in [-0.2, 0) is 4.74 Å². The Hall–Kier alpha value is -3.08. The van der Waals surface area contributed by atoms with Gasteiger partial charge in [-0.3, -0.25) is 4.79 Å². The van der Waals surface area contributed by atoms with Crippen molar-refractivity contribution in [2.45, 2.75) is 67.2 Å². The van der Waals surface area contributed by atoms with Gasteiger partial charge < -0.3 is 14.8 Å². The van der Waals surface area contributed by atoms with E-state index in [1.165, 1.54) is 24.0 Å². The van der Waals surface area contributed by atoms with E-state index in [1.807, 2.05) is 26.8 Å². The molecule has 0 heterocycles. The van der Waals surface area contributed by atoms with Gasteiger partial charge in [0, 0.05) is 11.1 Å². The van der Waals surface area contributed by atoms with E-state index in [-0.39, 0.29) is 12.5 Å². The number of allylic oxidation sites excluding steroid dienone is 6. The lowest BCUT2D eigenvalue weighted by Gasteiger charge is -2.13. The van der Waals surface area contributed by atoms with E-state index in [2.05, 4.69) is 44.3 Å². The minimum Gasteiger partial charge on any atom is -0.497 e. The normalized spacial score (nSPS) is 15.3. The third-order valence-electron chi connectivity index (χ3n) is 5.57. The number of nitrogens with one attached hydrogen (secondary N) is 1. The Morgan fingerprint density at radius 1 is 1.20 bits per heavy atom. The Balaban J connectivity index is 0.00000298. The van der Waals surface area contributed by atoms with E-state index in [0.29, 0.717) is 23.1 Å². The number of hydrogen-bond acceptors (Lipinski definition) is 4. The van der Waals surface area contributed by atoms with Gasteiger partial charge in [0.1, 0.15) is 5.75 Å². The number of carbonyl (C=O) groups excluding carboxylic acids is 1. The summed E-state index contributed by atoms with van der Waals surface area (Å²) in [6, 6.07) is 7.06. The highest BCUT2D eigenvalue weighted by Gasteiger charge is 2.25. The number of ether oxygens (including phenoxy) is 2. The van der Waals surface area contributed by atoms with Gasteiger partial charge >= 0.3 is 0 Å². The third kappa shape index (κ3) is 9.97. The molecule has 0 aromatic heterocycles. The fourth-order valence-corrected chi connectivity index (χ4v) is 3.43. The summed E-state index contributed by atoms with van der Waals surface area (Å²) in [6.07, 6.45) is 13.1. The molecule has 1 aromatic rings. The summed E-state index contributed by atoms with van der Waals surface area (Å²) in [5, 5.41) is 2.90. The molecule has 1 N–H and O–H groups in total. The van der Waals surface area contributed by atoms with Gasteiger partial charge in [0.15, 0.2) is 0 Å². The lowest BCUT2D eigenvalue weighted by Crippen LogP contribution is -2.30. The minimum atomic E-state index is -0.206. The lowest BCUT2D eigenvalue weighted by atomic mass is 10.00. The molecule has 0 bridgehead atoms. The topological polar surface area (TPSA) is 59.9 Å². The van der Waals surface area contributed by atoms with E-state index in [4.69, 9.17) is 14.5 Å². The highest BCUT2D eigenvalue weighted by molar-refractivity contribution is 5.97. The molecular formula is C30H44N2O3. The van der Waals surface area contributed by atoms with Crippen molar-refractivity contribution in [3.8, 4) is 5.75 Å². The van der Waals surface area contributed by atoms with Crippen LogP contribution in [0.2, 0.25) is 0 Å². The van der Waals surface area contributed by atoms with Gasteiger partial charge in [-0.25, -0.2) is 4.99 Å². The Morgan fingerprint density at radius 3 is 2.46 bits per heavy atom. The molecule has 0 saturated heterocycles. The quantitative estimate of drug-likeness (QED) is 0.203. The van der Waals surface area contributed by atoms with Crippen LogP contribution < -0.4 is 10.1 Å². The van der Waals surface area contributed by atoms with Crippen molar-refractivity contribution in [1.82, 2.24) is 5.32 Å². The molecule has 0 atom stereocenters. The van der Waals surface area contributed by atoms with Crippen molar-refractivity contribution >= 4 is 11.8 Å². The summed E-state index contributed by atoms with van der Waals surface area (Å²) in [4.78, 5) is 17.5. The van der Waals surface area contributed by atoms with E-state index >= 15 is 0 Å². The monoisotopic (exact) mass is 480 g/mol. The number of nitrogens with zero attached hydrogens (tertiary/aromatic N) is 1. The van der Waals surface area contributed by atoms with Crippen molar-refractivity contribution in [3.63, 3.8) is 0 Å². The summed E-state index contributed by atoms with van der Waals surface area (Å²) < 4.78 is 10.8. The maximum absolute atomic E-state index is 12.6. The predicted molar refractivity (Wildman–Crippen MR) is 148 cm³/mol. The maximum Gasteiger partial charge on any atom is 0.251 e. The smallest absolute Gasteiger partial charge is 0.251 e. The maximum atomic E-state index is 12.6. The van der Waals surface area contributed by atoms with Crippen LogP contribution in [0.3, 0.4) is 0 Å². The second-order valence-corrected chi connectivity index (χ2v) is 8.09. The highest BCUT2D eigenvalue weighted by atomic mass is 16.5. The van der Waals surface area contributed by atoms with E-state index in [1.54, 1.807) is 38.5 Å². The molecule has 0 spiro atoms. The van der Waals surface area contributed by atoms with Crippen molar-refractivity contribution in [2.75, 3.05) is 20.8 Å². The molecule has 1 aromatic carbocycles. The molecule has 192 valence electrons. The summed E-state index contributed by atoms with van der Waals surface area (Å²) >= 11 is 0. The average Bonchev–Trinajstić information content (AvgIpc) is 3.74. The number of hydrogen-bond donors (Lipinski definition) is 1. The van der Waals surface area contributed by atoms with Gasteiger partial charge in [0.2, 0.25) is 5.90 Å². The van der Waals surface area contributed by atoms with Gasteiger partial charge in [-0.05, 0) is 80.9 Å². The zero-order valence-corrected chi connectivity index (χ0v) is 22.9. The van der Waals surface area contributed by atoms with Gasteiger partial charge in [-0.2, -0.15) is 0 Å². The standard InChI is InChI=1S/C28H38N2O3.C2H6/c1-7-11-22(21-15-16-21)17-23(12-8-2)27(20(4)9-3)30-26(33-6)19-29-28(31)24-13-10-14-25(18-24)32-5;1-2/h8,10-14,17-18,21H,7,9,15-16,19H2,1-6H3,(H,29,31);1-2H3/b12-8-,22-11-,23-17+,27-20?,30-26?;. The molecule has 35 heavy (non-hydrogen) atoms. The average molecular weight is 481 g/mol. The van der Waals surface area contributed by atoms with Crippen LogP contribution in [0.5, 0.6) is 5.75 Å². The lowest BCUT2D eigenvalue weighted by molar-refractivity contribution is 0.0957. The van der Waals surface area contributed by atoms with Gasteiger partial charge in [-0.15, -0.1) is 0 Å². The molecule has 0 aliphatic heterocycles. The fraction of sp³-hybridized carbons (Fsp3) is 0.467. The molecular weight excluding hydrogens is 436 g/mol. The number of amides is 1. The van der Waals surface area contributed by atoms with Gasteiger partial charge in [0.25, 0.3) is 5.91 Å². The first kappa shape index (κ1) is 30.0. The molecule has 0 unspecified atom stereocenters. The zero-order valence-electron chi connectivity index (χ0n) is 22.9. The van der Waals surface area contributed by atoms with E-state index in [0.717, 1.165) is 24.1 Å². The second kappa shape index (κ2) is 16.5. The van der Waals surface area contributed by atoms with E-state index in [9.17, 15) is 4.79 Å². The van der Waals surface area contributed by atoms with Crippen LogP contribution in [0.15, 0.2) is 76.0 Å². The zero-order chi connectivity index (χ0) is 26.2. The molecule has 1 aliphatic carbocycles. The molecule has 1 saturated carbocycles. The summed E-state index contributed by atoms with van der Waals surface area (Å²) in [6.45, 7) is 12.6. The minimum absolute atomic E-state index is 0.191. The Kier molecular flexibility index (Phi) is 14.1. The second-order valence-electron chi connectivity index (χ2n) is 8.09. The number of benzene rings is 1. The summed E-state index contributed by atoms with van der Waals surface area (Å²) in [5.74, 6) is 1.54. The molecule has 5 heteroatoms.